The Morgan fingerprint density at radius 1 is 1.69 bits per heavy atom. The van der Waals surface area contributed by atoms with E-state index in [0.717, 1.165) is 19.4 Å². The monoisotopic (exact) mass is 186 g/mol. The average Bonchev–Trinajstić information content (AvgIpc) is 2.00. The van der Waals surface area contributed by atoms with Crippen LogP contribution in [0.4, 0.5) is 0 Å². The molecular formula is C9H18N2O2. The van der Waals surface area contributed by atoms with E-state index in [1.807, 2.05) is 6.92 Å². The second-order valence-corrected chi connectivity index (χ2v) is 3.54. The molecule has 13 heavy (non-hydrogen) atoms. The van der Waals surface area contributed by atoms with Gasteiger partial charge in [-0.2, -0.15) is 0 Å². The summed E-state index contributed by atoms with van der Waals surface area (Å²) in [7, 11) is 0. The number of amides is 1. The summed E-state index contributed by atoms with van der Waals surface area (Å²) in [6, 6.07) is -0.138. The number of hydrogen-bond acceptors (Lipinski definition) is 3. The lowest BCUT2D eigenvalue weighted by Crippen LogP contribution is -2.51. The van der Waals surface area contributed by atoms with Crippen LogP contribution in [0.5, 0.6) is 0 Å². The molecule has 76 valence electrons. The number of hydrogen-bond donors (Lipinski definition) is 2. The van der Waals surface area contributed by atoms with Gasteiger partial charge in [0.1, 0.15) is 0 Å². The van der Waals surface area contributed by atoms with Gasteiger partial charge in [-0.3, -0.25) is 4.79 Å². The van der Waals surface area contributed by atoms with Crippen molar-refractivity contribution in [1.29, 1.82) is 0 Å². The predicted molar refractivity (Wildman–Crippen MR) is 50.2 cm³/mol. The van der Waals surface area contributed by atoms with Crippen LogP contribution in [0.2, 0.25) is 0 Å². The molecule has 4 heteroatoms. The van der Waals surface area contributed by atoms with Gasteiger partial charge >= 0.3 is 0 Å². The van der Waals surface area contributed by atoms with E-state index in [1.165, 1.54) is 0 Å². The van der Waals surface area contributed by atoms with Crippen molar-refractivity contribution in [3.05, 3.63) is 0 Å². The maximum atomic E-state index is 11.1. The van der Waals surface area contributed by atoms with Crippen LogP contribution in [0.1, 0.15) is 26.7 Å². The summed E-state index contributed by atoms with van der Waals surface area (Å²) in [6.45, 7) is 4.42. The number of nitrogens with one attached hydrogen (secondary N) is 1. The SMILES string of the molecule is CCOC1CC(NC(=O)C(C)N)C1. The van der Waals surface area contributed by atoms with Gasteiger partial charge in [-0.05, 0) is 26.7 Å². The number of rotatable bonds is 4. The lowest BCUT2D eigenvalue weighted by Gasteiger charge is -2.35. The number of carbonyl (C=O) groups excluding carboxylic acids is 1. The molecular weight excluding hydrogens is 168 g/mol. The highest BCUT2D eigenvalue weighted by Gasteiger charge is 2.30. The fraction of sp³-hybridized carbons (Fsp3) is 0.889. The molecule has 0 aromatic carbocycles. The van der Waals surface area contributed by atoms with Crippen molar-refractivity contribution in [2.24, 2.45) is 5.73 Å². The van der Waals surface area contributed by atoms with Crippen LogP contribution in [0.25, 0.3) is 0 Å². The first-order valence-electron chi connectivity index (χ1n) is 4.81. The van der Waals surface area contributed by atoms with Crippen LogP contribution in [0.15, 0.2) is 0 Å². The summed E-state index contributed by atoms with van der Waals surface area (Å²) in [4.78, 5) is 11.1. The largest absolute Gasteiger partial charge is 0.378 e. The maximum Gasteiger partial charge on any atom is 0.236 e. The Morgan fingerprint density at radius 3 is 2.77 bits per heavy atom. The highest BCUT2D eigenvalue weighted by molar-refractivity contribution is 5.81. The van der Waals surface area contributed by atoms with Gasteiger partial charge in [-0.25, -0.2) is 0 Å². The fourth-order valence-electron chi connectivity index (χ4n) is 1.39. The Hall–Kier alpha value is -0.610. The van der Waals surface area contributed by atoms with E-state index in [1.54, 1.807) is 6.92 Å². The van der Waals surface area contributed by atoms with E-state index in [4.69, 9.17) is 10.5 Å². The van der Waals surface area contributed by atoms with E-state index in [-0.39, 0.29) is 11.9 Å². The third-order valence-electron chi connectivity index (χ3n) is 2.26. The molecule has 0 spiro atoms. The van der Waals surface area contributed by atoms with E-state index < -0.39 is 6.04 Å². The van der Waals surface area contributed by atoms with E-state index in [9.17, 15) is 4.79 Å². The van der Waals surface area contributed by atoms with Crippen molar-refractivity contribution in [3.8, 4) is 0 Å². The van der Waals surface area contributed by atoms with Gasteiger partial charge in [-0.15, -0.1) is 0 Å². The van der Waals surface area contributed by atoms with E-state index in [0.29, 0.717) is 6.10 Å². The molecule has 1 saturated carbocycles. The highest BCUT2D eigenvalue weighted by atomic mass is 16.5. The summed E-state index contributed by atoms with van der Waals surface area (Å²) in [5.41, 5.74) is 5.41. The molecule has 3 N–H and O–H groups in total. The van der Waals surface area contributed by atoms with E-state index >= 15 is 0 Å². The molecule has 1 amide bonds. The summed E-state index contributed by atoms with van der Waals surface area (Å²) in [6.07, 6.45) is 2.18. The van der Waals surface area contributed by atoms with Gasteiger partial charge in [-0.1, -0.05) is 0 Å². The topological polar surface area (TPSA) is 64.3 Å². The van der Waals surface area contributed by atoms with Crippen LogP contribution < -0.4 is 11.1 Å². The molecule has 0 aromatic rings. The molecule has 4 nitrogen and oxygen atoms in total. The zero-order valence-electron chi connectivity index (χ0n) is 8.25. The molecule has 0 radical (unpaired) electrons. The predicted octanol–water partition coefficient (Wildman–Crippen LogP) is 0.0173. The molecule has 1 rings (SSSR count). The molecule has 1 fully saturated rings. The summed E-state index contributed by atoms with van der Waals surface area (Å²) in [5, 5.41) is 2.86. The molecule has 0 bridgehead atoms. The average molecular weight is 186 g/mol. The smallest absolute Gasteiger partial charge is 0.236 e. The van der Waals surface area contributed by atoms with Crippen LogP contribution in [0, 0.1) is 0 Å². The number of ether oxygens (including phenoxy) is 1. The van der Waals surface area contributed by atoms with Crippen LogP contribution in [-0.2, 0) is 9.53 Å². The third kappa shape index (κ3) is 2.97. The number of carbonyl (C=O) groups is 1. The van der Waals surface area contributed by atoms with Crippen molar-refractivity contribution in [3.63, 3.8) is 0 Å². The molecule has 1 unspecified atom stereocenters. The Labute approximate surface area is 78.8 Å². The summed E-state index contributed by atoms with van der Waals surface area (Å²) >= 11 is 0. The molecule has 1 aliphatic rings. The number of nitrogens with two attached hydrogens (primary N) is 1. The quantitative estimate of drug-likeness (QED) is 0.650. The molecule has 0 heterocycles. The van der Waals surface area contributed by atoms with Crippen molar-refractivity contribution >= 4 is 5.91 Å². The first kappa shape index (κ1) is 10.5. The lowest BCUT2D eigenvalue weighted by molar-refractivity contribution is -0.124. The van der Waals surface area contributed by atoms with Gasteiger partial charge < -0.3 is 15.8 Å². The molecule has 0 aliphatic heterocycles. The first-order chi connectivity index (χ1) is 6.13. The second-order valence-electron chi connectivity index (χ2n) is 3.54. The third-order valence-corrected chi connectivity index (χ3v) is 2.26. The van der Waals surface area contributed by atoms with Crippen LogP contribution >= 0.6 is 0 Å². The Balaban J connectivity index is 2.11. The van der Waals surface area contributed by atoms with Gasteiger partial charge in [0, 0.05) is 12.6 Å². The Bertz CT molecular complexity index is 176. The minimum Gasteiger partial charge on any atom is -0.378 e. The molecule has 0 aromatic heterocycles. The molecule has 1 aliphatic carbocycles. The first-order valence-corrected chi connectivity index (χ1v) is 4.81. The van der Waals surface area contributed by atoms with Crippen LogP contribution in [0.3, 0.4) is 0 Å². The Kier molecular flexibility index (Phi) is 3.69. The van der Waals surface area contributed by atoms with Gasteiger partial charge in [0.15, 0.2) is 0 Å². The van der Waals surface area contributed by atoms with Crippen molar-refractivity contribution in [2.75, 3.05) is 6.61 Å². The summed E-state index contributed by atoms with van der Waals surface area (Å²) < 4.78 is 5.37. The van der Waals surface area contributed by atoms with Crippen molar-refractivity contribution < 1.29 is 9.53 Å². The maximum absolute atomic E-state index is 11.1. The van der Waals surface area contributed by atoms with Crippen molar-refractivity contribution in [1.82, 2.24) is 5.32 Å². The normalized spacial score (nSPS) is 29.2. The van der Waals surface area contributed by atoms with Gasteiger partial charge in [0.05, 0.1) is 12.1 Å². The molecule has 1 atom stereocenters. The minimum atomic E-state index is -0.411. The zero-order chi connectivity index (χ0) is 9.84. The minimum absolute atomic E-state index is 0.0695. The standard InChI is InChI=1S/C9H18N2O2/c1-3-13-8-4-7(5-8)11-9(12)6(2)10/h6-8H,3-5,10H2,1-2H3,(H,11,12). The Morgan fingerprint density at radius 2 is 2.31 bits per heavy atom. The van der Waals surface area contributed by atoms with E-state index in [2.05, 4.69) is 5.32 Å². The highest BCUT2D eigenvalue weighted by Crippen LogP contribution is 2.22. The second kappa shape index (κ2) is 4.58. The van der Waals surface area contributed by atoms with Crippen molar-refractivity contribution in [2.45, 2.75) is 44.9 Å². The summed E-state index contributed by atoms with van der Waals surface area (Å²) in [5.74, 6) is -0.0695. The van der Waals surface area contributed by atoms with Crippen LogP contribution in [-0.4, -0.2) is 30.7 Å². The lowest BCUT2D eigenvalue weighted by atomic mass is 9.89. The molecule has 0 saturated heterocycles. The van der Waals surface area contributed by atoms with Gasteiger partial charge in [0.25, 0.3) is 0 Å². The zero-order valence-corrected chi connectivity index (χ0v) is 8.25. The van der Waals surface area contributed by atoms with Gasteiger partial charge in [0.2, 0.25) is 5.91 Å². The fourth-order valence-corrected chi connectivity index (χ4v) is 1.39.